The summed E-state index contributed by atoms with van der Waals surface area (Å²) in [5.41, 5.74) is 1.35. The molecule has 2 aromatic heterocycles. The summed E-state index contributed by atoms with van der Waals surface area (Å²) < 4.78 is 20.5. The SMILES string of the molecule is Cc1c(C(=O)c2c(Br)nnn2C)oc2ccc(F)cc12. The Bertz CT molecular complexity index is 818. The van der Waals surface area contributed by atoms with Crippen LogP contribution in [0.1, 0.15) is 21.8 Å². The van der Waals surface area contributed by atoms with Crippen LogP contribution in [0.25, 0.3) is 11.0 Å². The van der Waals surface area contributed by atoms with Crippen LogP contribution in [0.2, 0.25) is 0 Å². The molecule has 0 atom stereocenters. The van der Waals surface area contributed by atoms with Crippen LogP contribution in [-0.4, -0.2) is 20.8 Å². The Hall–Kier alpha value is -2.02. The van der Waals surface area contributed by atoms with E-state index in [4.69, 9.17) is 4.42 Å². The van der Waals surface area contributed by atoms with Gasteiger partial charge in [-0.1, -0.05) is 5.21 Å². The van der Waals surface area contributed by atoms with Crippen LogP contribution in [0.15, 0.2) is 27.2 Å². The number of hydrogen-bond acceptors (Lipinski definition) is 4. The van der Waals surface area contributed by atoms with Crippen LogP contribution in [0, 0.1) is 12.7 Å². The molecular weight excluding hydrogens is 329 g/mol. The molecule has 0 bridgehead atoms. The fraction of sp³-hybridized carbons (Fsp3) is 0.154. The maximum absolute atomic E-state index is 13.3. The van der Waals surface area contributed by atoms with Crippen molar-refractivity contribution in [3.8, 4) is 0 Å². The number of halogens is 2. The highest BCUT2D eigenvalue weighted by molar-refractivity contribution is 9.10. The quantitative estimate of drug-likeness (QED) is 0.674. The molecule has 0 unspecified atom stereocenters. The molecule has 2 heterocycles. The Morgan fingerprint density at radius 3 is 2.85 bits per heavy atom. The van der Waals surface area contributed by atoms with E-state index in [9.17, 15) is 9.18 Å². The molecular formula is C13H9BrFN3O2. The van der Waals surface area contributed by atoms with Crippen molar-refractivity contribution < 1.29 is 13.6 Å². The van der Waals surface area contributed by atoms with Crippen LogP contribution in [0.4, 0.5) is 4.39 Å². The van der Waals surface area contributed by atoms with Crippen molar-refractivity contribution in [1.82, 2.24) is 15.0 Å². The predicted molar refractivity (Wildman–Crippen MR) is 73.0 cm³/mol. The monoisotopic (exact) mass is 337 g/mol. The number of carbonyl (C=O) groups excluding carboxylic acids is 1. The summed E-state index contributed by atoms with van der Waals surface area (Å²) in [7, 11) is 1.61. The Morgan fingerprint density at radius 2 is 2.20 bits per heavy atom. The first-order valence-corrected chi connectivity index (χ1v) is 6.57. The Morgan fingerprint density at radius 1 is 1.45 bits per heavy atom. The summed E-state index contributed by atoms with van der Waals surface area (Å²) in [6, 6.07) is 4.15. The lowest BCUT2D eigenvalue weighted by Crippen LogP contribution is -2.09. The first-order chi connectivity index (χ1) is 9.49. The highest BCUT2D eigenvalue weighted by Gasteiger charge is 2.25. The molecule has 3 aromatic rings. The van der Waals surface area contributed by atoms with Crippen LogP contribution >= 0.6 is 15.9 Å². The zero-order valence-corrected chi connectivity index (χ0v) is 12.2. The molecule has 7 heteroatoms. The molecule has 0 saturated carbocycles. The lowest BCUT2D eigenvalue weighted by atomic mass is 10.1. The maximum atomic E-state index is 13.3. The number of aryl methyl sites for hydroxylation is 2. The predicted octanol–water partition coefficient (Wildman–Crippen LogP) is 3.00. The molecule has 0 radical (unpaired) electrons. The summed E-state index contributed by atoms with van der Waals surface area (Å²) >= 11 is 3.18. The van der Waals surface area contributed by atoms with Gasteiger partial charge in [0.1, 0.15) is 17.1 Å². The van der Waals surface area contributed by atoms with E-state index in [0.717, 1.165) is 0 Å². The largest absolute Gasteiger partial charge is 0.452 e. The number of benzene rings is 1. The van der Waals surface area contributed by atoms with Crippen molar-refractivity contribution >= 4 is 32.7 Å². The second-order valence-corrected chi connectivity index (χ2v) is 5.13. The Kier molecular flexibility index (Phi) is 2.93. The number of fused-ring (bicyclic) bond motifs is 1. The molecule has 0 aliphatic heterocycles. The average molecular weight is 338 g/mol. The zero-order chi connectivity index (χ0) is 14.4. The van der Waals surface area contributed by atoms with Gasteiger partial charge in [0.05, 0.1) is 0 Å². The van der Waals surface area contributed by atoms with Crippen molar-refractivity contribution in [3.63, 3.8) is 0 Å². The van der Waals surface area contributed by atoms with Gasteiger partial charge >= 0.3 is 0 Å². The molecule has 0 fully saturated rings. The number of hydrogen-bond donors (Lipinski definition) is 0. The van der Waals surface area contributed by atoms with E-state index in [1.807, 2.05) is 0 Å². The first-order valence-electron chi connectivity index (χ1n) is 5.77. The molecule has 3 rings (SSSR count). The van der Waals surface area contributed by atoms with E-state index in [1.165, 1.54) is 22.9 Å². The van der Waals surface area contributed by atoms with Crippen LogP contribution in [-0.2, 0) is 7.05 Å². The number of aromatic nitrogens is 3. The molecule has 20 heavy (non-hydrogen) atoms. The van der Waals surface area contributed by atoms with Crippen LogP contribution < -0.4 is 0 Å². The van der Waals surface area contributed by atoms with E-state index in [1.54, 1.807) is 14.0 Å². The van der Waals surface area contributed by atoms with Crippen molar-refractivity contribution in [2.75, 3.05) is 0 Å². The number of nitrogens with zero attached hydrogens (tertiary/aromatic N) is 3. The van der Waals surface area contributed by atoms with Gasteiger partial charge in [0, 0.05) is 18.0 Å². The smallest absolute Gasteiger partial charge is 0.249 e. The molecule has 0 saturated heterocycles. The molecule has 1 aromatic carbocycles. The lowest BCUT2D eigenvalue weighted by molar-refractivity contribution is 0.100. The molecule has 0 spiro atoms. The van der Waals surface area contributed by atoms with Gasteiger partial charge in [0.2, 0.25) is 5.78 Å². The summed E-state index contributed by atoms with van der Waals surface area (Å²) in [6.45, 7) is 1.72. The van der Waals surface area contributed by atoms with E-state index < -0.39 is 0 Å². The summed E-state index contributed by atoms with van der Waals surface area (Å²) in [5.74, 6) is -0.557. The van der Waals surface area contributed by atoms with Crippen molar-refractivity contribution in [2.45, 2.75) is 6.92 Å². The number of furan rings is 1. The van der Waals surface area contributed by atoms with E-state index >= 15 is 0 Å². The second-order valence-electron chi connectivity index (χ2n) is 4.38. The molecule has 0 amide bonds. The van der Waals surface area contributed by atoms with E-state index in [2.05, 4.69) is 26.2 Å². The van der Waals surface area contributed by atoms with Crippen molar-refractivity contribution in [2.24, 2.45) is 7.05 Å². The van der Waals surface area contributed by atoms with Gasteiger partial charge in [-0.3, -0.25) is 4.79 Å². The van der Waals surface area contributed by atoms with E-state index in [-0.39, 0.29) is 23.1 Å². The van der Waals surface area contributed by atoms with Crippen LogP contribution in [0.3, 0.4) is 0 Å². The van der Waals surface area contributed by atoms with Gasteiger partial charge in [0.25, 0.3) is 0 Å². The number of carbonyl (C=O) groups is 1. The van der Waals surface area contributed by atoms with Crippen molar-refractivity contribution in [1.29, 1.82) is 0 Å². The third-order valence-corrected chi connectivity index (χ3v) is 3.64. The molecule has 5 nitrogen and oxygen atoms in total. The summed E-state index contributed by atoms with van der Waals surface area (Å²) in [6.07, 6.45) is 0. The Labute approximate surface area is 121 Å². The van der Waals surface area contributed by atoms with Crippen molar-refractivity contribution in [3.05, 3.63) is 45.6 Å². The molecule has 102 valence electrons. The normalized spacial score (nSPS) is 11.2. The highest BCUT2D eigenvalue weighted by atomic mass is 79.9. The van der Waals surface area contributed by atoms with Gasteiger partial charge in [0.15, 0.2) is 10.4 Å². The summed E-state index contributed by atoms with van der Waals surface area (Å²) in [4.78, 5) is 12.5. The fourth-order valence-corrected chi connectivity index (χ4v) is 2.60. The molecule has 0 aliphatic carbocycles. The minimum atomic E-state index is -0.372. The zero-order valence-electron chi connectivity index (χ0n) is 10.6. The summed E-state index contributed by atoms with van der Waals surface area (Å²) in [5, 5.41) is 8.11. The van der Waals surface area contributed by atoms with Gasteiger partial charge in [-0.05, 0) is 41.1 Å². The lowest BCUT2D eigenvalue weighted by Gasteiger charge is -1.99. The maximum Gasteiger partial charge on any atom is 0.249 e. The van der Waals surface area contributed by atoms with Crippen LogP contribution in [0.5, 0.6) is 0 Å². The molecule has 0 aliphatic rings. The molecule has 0 N–H and O–H groups in total. The van der Waals surface area contributed by atoms with Gasteiger partial charge < -0.3 is 4.42 Å². The third kappa shape index (κ3) is 1.85. The first kappa shape index (κ1) is 13.0. The van der Waals surface area contributed by atoms with Gasteiger partial charge in [-0.15, -0.1) is 5.10 Å². The van der Waals surface area contributed by atoms with E-state index in [0.29, 0.717) is 21.1 Å². The minimum absolute atomic E-state index is 0.164. The highest BCUT2D eigenvalue weighted by Crippen LogP contribution is 2.28. The van der Waals surface area contributed by atoms with Gasteiger partial charge in [-0.25, -0.2) is 9.07 Å². The fourth-order valence-electron chi connectivity index (χ4n) is 2.09. The Balaban J connectivity index is 2.20. The third-order valence-electron chi connectivity index (χ3n) is 3.11. The average Bonchev–Trinajstić information content (AvgIpc) is 2.91. The topological polar surface area (TPSA) is 60.9 Å². The standard InChI is InChI=1S/C13H9BrFN3O2/c1-6-8-5-7(15)3-4-9(8)20-12(6)11(19)10-13(14)16-17-18(10)2/h3-5H,1-2H3. The number of ketones is 1. The second kappa shape index (κ2) is 4.52. The number of rotatable bonds is 2. The van der Waals surface area contributed by atoms with Gasteiger partial charge in [-0.2, -0.15) is 0 Å². The minimum Gasteiger partial charge on any atom is -0.452 e.